The molecule has 2 aliphatic heterocycles. The van der Waals surface area contributed by atoms with Crippen LogP contribution in [0.25, 0.3) is 16.8 Å². The third-order valence-electron chi connectivity index (χ3n) is 5.51. The fraction of sp³-hybridized carbons (Fsp3) is 0.381. The lowest BCUT2D eigenvalue weighted by molar-refractivity contribution is -0.206. The monoisotopic (exact) mass is 472 g/mol. The topological polar surface area (TPSA) is 76.1 Å². The second-order valence-corrected chi connectivity index (χ2v) is 7.62. The van der Waals surface area contributed by atoms with Crippen molar-refractivity contribution in [3.63, 3.8) is 0 Å². The highest BCUT2D eigenvalue weighted by Crippen LogP contribution is 2.46. The van der Waals surface area contributed by atoms with Crippen LogP contribution in [0.4, 0.5) is 37.0 Å². The van der Waals surface area contributed by atoms with Gasteiger partial charge in [-0.1, -0.05) is 13.0 Å². The highest BCUT2D eigenvalue weighted by molar-refractivity contribution is 5.89. The van der Waals surface area contributed by atoms with E-state index in [0.29, 0.717) is 31.1 Å². The highest BCUT2D eigenvalue weighted by atomic mass is 19.4. The molecule has 4 rings (SSSR count). The smallest absolute Gasteiger partial charge is 0.430 e. The molecule has 2 aromatic heterocycles. The number of ether oxygens (including phenoxy) is 1. The average Bonchev–Trinajstić information content (AvgIpc) is 2.76. The molecule has 1 amide bonds. The highest BCUT2D eigenvalue weighted by Gasteiger charge is 2.49. The van der Waals surface area contributed by atoms with Gasteiger partial charge in [0.25, 0.3) is 0 Å². The van der Waals surface area contributed by atoms with E-state index in [9.17, 15) is 31.1 Å². The van der Waals surface area contributed by atoms with Crippen LogP contribution >= 0.6 is 0 Å². The predicted molar refractivity (Wildman–Crippen MR) is 106 cm³/mol. The number of halogens is 6. The Kier molecular flexibility index (Phi) is 5.81. The van der Waals surface area contributed by atoms with Crippen LogP contribution in [-0.2, 0) is 10.9 Å². The third kappa shape index (κ3) is 4.52. The first-order valence-electron chi connectivity index (χ1n) is 10.0. The molecule has 2 aromatic rings. The summed E-state index contributed by atoms with van der Waals surface area (Å²) in [4.78, 5) is 19.7. The Hall–Kier alpha value is -3.15. The Morgan fingerprint density at radius 3 is 2.55 bits per heavy atom. The lowest BCUT2D eigenvalue weighted by Gasteiger charge is -2.29. The minimum absolute atomic E-state index is 0.0306. The first-order chi connectivity index (χ1) is 15.5. The Labute approximate surface area is 184 Å². The largest absolute Gasteiger partial charge is 0.431 e. The van der Waals surface area contributed by atoms with E-state index >= 15 is 0 Å². The number of hydrogen-bond acceptors (Lipinski definition) is 5. The Morgan fingerprint density at radius 2 is 1.88 bits per heavy atom. The van der Waals surface area contributed by atoms with Crippen LogP contribution in [0.15, 0.2) is 30.5 Å². The molecule has 176 valence electrons. The van der Waals surface area contributed by atoms with Gasteiger partial charge in [0.1, 0.15) is 5.82 Å². The second kappa shape index (κ2) is 8.32. The number of rotatable bonds is 3. The summed E-state index contributed by atoms with van der Waals surface area (Å²) in [6, 6.07) is 2.71. The van der Waals surface area contributed by atoms with Crippen molar-refractivity contribution in [2.45, 2.75) is 31.8 Å². The fourth-order valence-electron chi connectivity index (χ4n) is 3.96. The number of anilines is 1. The van der Waals surface area contributed by atoms with Crippen LogP contribution in [0.2, 0.25) is 0 Å². The Morgan fingerprint density at radius 1 is 1.15 bits per heavy atom. The molecule has 0 saturated heterocycles. The maximum Gasteiger partial charge on any atom is 0.430 e. The Balaban J connectivity index is 1.95. The first-order valence-corrected chi connectivity index (χ1v) is 10.0. The summed E-state index contributed by atoms with van der Waals surface area (Å²) < 4.78 is 86.7. The van der Waals surface area contributed by atoms with Gasteiger partial charge < -0.3 is 10.1 Å². The van der Waals surface area contributed by atoms with Crippen LogP contribution in [0.1, 0.15) is 36.3 Å². The minimum atomic E-state index is -5.01. The number of alkyl halides is 6. The van der Waals surface area contributed by atoms with Gasteiger partial charge in [0, 0.05) is 24.8 Å². The molecule has 2 atom stereocenters. The first kappa shape index (κ1) is 23.0. The molecule has 0 spiro atoms. The van der Waals surface area contributed by atoms with Crippen LogP contribution < -0.4 is 10.6 Å². The van der Waals surface area contributed by atoms with Crippen LogP contribution in [0, 0.1) is 5.92 Å². The lowest BCUT2D eigenvalue weighted by Crippen LogP contribution is -2.34. The van der Waals surface area contributed by atoms with Gasteiger partial charge in [0.15, 0.2) is 0 Å². The van der Waals surface area contributed by atoms with Crippen molar-refractivity contribution >= 4 is 17.5 Å². The quantitative estimate of drug-likeness (QED) is 0.590. The summed E-state index contributed by atoms with van der Waals surface area (Å²) in [5.74, 6) is -0.557. The zero-order valence-electron chi connectivity index (χ0n) is 17.1. The fourth-order valence-corrected chi connectivity index (χ4v) is 3.96. The molecule has 33 heavy (non-hydrogen) atoms. The lowest BCUT2D eigenvalue weighted by atomic mass is 9.89. The minimum Gasteiger partial charge on any atom is -0.431 e. The summed E-state index contributed by atoms with van der Waals surface area (Å²) in [5, 5.41) is 5.20. The number of pyridine rings is 2. The Bertz CT molecular complexity index is 1110. The molecule has 0 bridgehead atoms. The number of hydrogen-bond donors (Lipinski definition) is 2. The van der Waals surface area contributed by atoms with Gasteiger partial charge in [-0.15, -0.1) is 0 Å². The number of aromatic nitrogens is 2. The summed E-state index contributed by atoms with van der Waals surface area (Å²) in [6.07, 6.45) is -10.4. The molecule has 6 nitrogen and oxygen atoms in total. The number of amides is 1. The number of cyclic esters (lactones) is 1. The van der Waals surface area contributed by atoms with Crippen LogP contribution in [-0.4, -0.2) is 35.3 Å². The number of nitrogens with one attached hydrogen (secondary N) is 2. The summed E-state index contributed by atoms with van der Waals surface area (Å²) in [7, 11) is 0. The van der Waals surface area contributed by atoms with E-state index in [1.165, 1.54) is 0 Å². The van der Waals surface area contributed by atoms with Gasteiger partial charge in [0.2, 0.25) is 6.10 Å². The normalized spacial score (nSPS) is 21.1. The average molecular weight is 472 g/mol. The summed E-state index contributed by atoms with van der Waals surface area (Å²) in [5.41, 5.74) is -1.63. The van der Waals surface area contributed by atoms with Crippen molar-refractivity contribution in [3.8, 4) is 11.3 Å². The van der Waals surface area contributed by atoms with Crippen molar-refractivity contribution in [1.82, 2.24) is 15.3 Å². The summed E-state index contributed by atoms with van der Waals surface area (Å²) >= 11 is 0. The van der Waals surface area contributed by atoms with Crippen molar-refractivity contribution in [1.29, 1.82) is 0 Å². The maximum atomic E-state index is 13.7. The third-order valence-corrected chi connectivity index (χ3v) is 5.51. The van der Waals surface area contributed by atoms with E-state index < -0.39 is 41.5 Å². The molecule has 0 radical (unpaired) electrons. The molecule has 4 heterocycles. The standard InChI is InChI=1S/C21H18F6N4O2/c1-2-10-9-28-5-3-12(10)14-7-11(20(22,23)24)8-15(30-14)13-4-6-29-18-16(13)17(21(25,26)27)33-19(32)31-18/h3-4,6-8,10,17,28H,2,5,9H2,1H3,(H,29,31,32)/t10?,17-/m1/s1. The number of carbonyl (C=O) groups excluding carboxylic acids is 1. The molecule has 0 aromatic carbocycles. The van der Waals surface area contributed by atoms with Crippen LogP contribution in [0.5, 0.6) is 0 Å². The van der Waals surface area contributed by atoms with E-state index in [1.54, 1.807) is 6.08 Å². The van der Waals surface area contributed by atoms with Crippen molar-refractivity contribution in [3.05, 3.63) is 47.3 Å². The van der Waals surface area contributed by atoms with Gasteiger partial charge in [-0.2, -0.15) is 26.3 Å². The molecule has 12 heteroatoms. The number of carbonyl (C=O) groups is 1. The zero-order chi connectivity index (χ0) is 24.0. The van der Waals surface area contributed by atoms with Gasteiger partial charge in [-0.05, 0) is 36.1 Å². The van der Waals surface area contributed by atoms with Crippen molar-refractivity contribution in [2.75, 3.05) is 18.4 Å². The van der Waals surface area contributed by atoms with E-state index in [2.05, 4.69) is 25.3 Å². The van der Waals surface area contributed by atoms with Gasteiger partial charge in [-0.25, -0.2) is 14.8 Å². The van der Waals surface area contributed by atoms with Crippen LogP contribution in [0.3, 0.4) is 0 Å². The van der Waals surface area contributed by atoms with E-state index in [1.807, 2.05) is 6.92 Å². The van der Waals surface area contributed by atoms with Gasteiger partial charge in [0.05, 0.1) is 22.5 Å². The maximum absolute atomic E-state index is 13.7. The molecule has 1 unspecified atom stereocenters. The predicted octanol–water partition coefficient (Wildman–Crippen LogP) is 5.34. The SMILES string of the molecule is CCC1CNCC=C1c1cc(C(F)(F)F)cc(-c2ccnc3c2[C@H](C(F)(F)F)OC(=O)N3)n1. The molecular formula is C21H18F6N4O2. The van der Waals surface area contributed by atoms with Crippen molar-refractivity contribution < 1.29 is 35.9 Å². The van der Waals surface area contributed by atoms with E-state index in [-0.39, 0.29) is 22.9 Å². The molecule has 0 aliphatic carbocycles. The molecule has 0 saturated carbocycles. The van der Waals surface area contributed by atoms with E-state index in [4.69, 9.17) is 0 Å². The zero-order valence-corrected chi connectivity index (χ0v) is 17.1. The molecule has 0 fully saturated rings. The number of fused-ring (bicyclic) bond motifs is 1. The molecule has 2 N–H and O–H groups in total. The van der Waals surface area contributed by atoms with Crippen molar-refractivity contribution in [2.24, 2.45) is 5.92 Å². The van der Waals surface area contributed by atoms with E-state index in [0.717, 1.165) is 18.3 Å². The second-order valence-electron chi connectivity index (χ2n) is 7.62. The van der Waals surface area contributed by atoms with Gasteiger partial charge in [-0.3, -0.25) is 5.32 Å². The summed E-state index contributed by atoms with van der Waals surface area (Å²) in [6.45, 7) is 2.85. The van der Waals surface area contributed by atoms with Gasteiger partial charge >= 0.3 is 18.4 Å². The molecule has 2 aliphatic rings. The molecular weight excluding hydrogens is 454 g/mol. The number of nitrogens with zero attached hydrogens (tertiary/aromatic N) is 2.